The highest BCUT2D eigenvalue weighted by molar-refractivity contribution is 6.35. The molecule has 0 atom stereocenters. The van der Waals surface area contributed by atoms with E-state index in [0.29, 0.717) is 40.5 Å². The summed E-state index contributed by atoms with van der Waals surface area (Å²) < 4.78 is 0. The van der Waals surface area contributed by atoms with E-state index in [1.54, 1.807) is 30.5 Å². The maximum absolute atomic E-state index is 12.8. The first-order valence-electron chi connectivity index (χ1n) is 9.55. The number of amides is 2. The second-order valence-corrected chi connectivity index (χ2v) is 7.89. The SMILES string of the molecule is O=C1CCN(C(=O)c2ccc(C(=O)Nc3ccc(Cl)c(-c4ccccn4)c3)c(Cl)c2)C1. The Balaban J connectivity index is 1.53. The van der Waals surface area contributed by atoms with Crippen LogP contribution in [-0.4, -0.2) is 40.6 Å². The molecule has 1 aliphatic rings. The molecule has 1 aromatic heterocycles. The summed E-state index contributed by atoms with van der Waals surface area (Å²) in [6.07, 6.45) is 2.03. The number of pyridine rings is 1. The highest BCUT2D eigenvalue weighted by Crippen LogP contribution is 2.30. The normalized spacial score (nSPS) is 13.4. The second kappa shape index (κ2) is 8.88. The second-order valence-electron chi connectivity index (χ2n) is 7.07. The van der Waals surface area contributed by atoms with Crippen LogP contribution in [0.5, 0.6) is 0 Å². The molecule has 0 spiro atoms. The number of carbonyl (C=O) groups excluding carboxylic acids is 3. The molecule has 2 aromatic carbocycles. The van der Waals surface area contributed by atoms with Gasteiger partial charge in [0.15, 0.2) is 5.78 Å². The molecule has 156 valence electrons. The van der Waals surface area contributed by atoms with Crippen LogP contribution in [0.15, 0.2) is 60.8 Å². The number of nitrogens with zero attached hydrogens (tertiary/aromatic N) is 2. The maximum Gasteiger partial charge on any atom is 0.257 e. The fraction of sp³-hybridized carbons (Fsp3) is 0.130. The summed E-state index contributed by atoms with van der Waals surface area (Å²) in [4.78, 5) is 42.5. The van der Waals surface area contributed by atoms with E-state index in [-0.39, 0.29) is 28.8 Å². The van der Waals surface area contributed by atoms with Crippen molar-refractivity contribution in [2.45, 2.75) is 6.42 Å². The van der Waals surface area contributed by atoms with Gasteiger partial charge in [0.05, 0.1) is 27.8 Å². The van der Waals surface area contributed by atoms with Crippen LogP contribution in [0.4, 0.5) is 5.69 Å². The molecule has 1 N–H and O–H groups in total. The molecule has 0 bridgehead atoms. The summed E-state index contributed by atoms with van der Waals surface area (Å²) in [5.41, 5.74) is 2.46. The standard InChI is InChI=1S/C23H17Cl2N3O3/c24-19-7-5-15(12-18(19)21-3-1-2-9-26-21)27-22(30)17-6-4-14(11-20(17)25)23(31)28-10-8-16(29)13-28/h1-7,9,11-12H,8,10,13H2,(H,27,30). The van der Waals surface area contributed by atoms with Crippen molar-refractivity contribution < 1.29 is 14.4 Å². The van der Waals surface area contributed by atoms with Crippen molar-refractivity contribution in [3.63, 3.8) is 0 Å². The van der Waals surface area contributed by atoms with Gasteiger partial charge in [0, 0.05) is 36.0 Å². The monoisotopic (exact) mass is 453 g/mol. The van der Waals surface area contributed by atoms with Crippen LogP contribution in [-0.2, 0) is 4.79 Å². The van der Waals surface area contributed by atoms with Gasteiger partial charge in [0.1, 0.15) is 0 Å². The average Bonchev–Trinajstić information content (AvgIpc) is 3.21. The lowest BCUT2D eigenvalue weighted by molar-refractivity contribution is -0.116. The van der Waals surface area contributed by atoms with Crippen LogP contribution in [0.1, 0.15) is 27.1 Å². The Labute approximate surface area is 188 Å². The zero-order chi connectivity index (χ0) is 22.0. The van der Waals surface area contributed by atoms with Crippen LogP contribution in [0, 0.1) is 0 Å². The van der Waals surface area contributed by atoms with Gasteiger partial charge in [-0.3, -0.25) is 19.4 Å². The summed E-state index contributed by atoms with van der Waals surface area (Å²) in [6, 6.07) is 15.1. The topological polar surface area (TPSA) is 79.4 Å². The first-order valence-corrected chi connectivity index (χ1v) is 10.3. The molecule has 3 aromatic rings. The molecule has 0 aliphatic carbocycles. The molecule has 0 unspecified atom stereocenters. The summed E-state index contributed by atoms with van der Waals surface area (Å²) in [5, 5.41) is 3.45. The summed E-state index contributed by atoms with van der Waals surface area (Å²) in [5.74, 6) is -0.671. The Morgan fingerprint density at radius 1 is 1.00 bits per heavy atom. The number of aromatic nitrogens is 1. The number of nitrogens with one attached hydrogen (secondary N) is 1. The van der Waals surface area contributed by atoms with Crippen molar-refractivity contribution in [3.05, 3.63) is 82.0 Å². The lowest BCUT2D eigenvalue weighted by Crippen LogP contribution is -2.28. The smallest absolute Gasteiger partial charge is 0.257 e. The van der Waals surface area contributed by atoms with Crippen molar-refractivity contribution in [3.8, 4) is 11.3 Å². The van der Waals surface area contributed by atoms with Gasteiger partial charge in [-0.25, -0.2) is 0 Å². The maximum atomic E-state index is 12.8. The van der Waals surface area contributed by atoms with Gasteiger partial charge in [0.25, 0.3) is 11.8 Å². The fourth-order valence-electron chi connectivity index (χ4n) is 3.34. The molecular formula is C23H17Cl2N3O3. The Kier molecular flexibility index (Phi) is 6.02. The Hall–Kier alpha value is -3.22. The highest BCUT2D eigenvalue weighted by atomic mass is 35.5. The van der Waals surface area contributed by atoms with Crippen LogP contribution in [0.25, 0.3) is 11.3 Å². The number of Topliss-reactive ketones (excluding diaryl/α,β-unsaturated/α-hetero) is 1. The van der Waals surface area contributed by atoms with Crippen molar-refractivity contribution in [2.24, 2.45) is 0 Å². The predicted molar refractivity (Wildman–Crippen MR) is 120 cm³/mol. The molecular weight excluding hydrogens is 437 g/mol. The summed E-state index contributed by atoms with van der Waals surface area (Å²) >= 11 is 12.6. The number of anilines is 1. The molecule has 0 radical (unpaired) electrons. The van der Waals surface area contributed by atoms with Crippen LogP contribution in [0.3, 0.4) is 0 Å². The minimum absolute atomic E-state index is 0.0310. The van der Waals surface area contributed by atoms with Crippen molar-refractivity contribution in [1.82, 2.24) is 9.88 Å². The minimum atomic E-state index is -0.422. The van der Waals surface area contributed by atoms with Gasteiger partial charge in [-0.15, -0.1) is 0 Å². The molecule has 8 heteroatoms. The molecule has 1 fully saturated rings. The van der Waals surface area contributed by atoms with E-state index in [1.165, 1.54) is 23.1 Å². The van der Waals surface area contributed by atoms with Gasteiger partial charge < -0.3 is 10.2 Å². The van der Waals surface area contributed by atoms with Crippen molar-refractivity contribution >= 4 is 46.5 Å². The molecule has 2 heterocycles. The number of benzene rings is 2. The van der Waals surface area contributed by atoms with E-state index < -0.39 is 5.91 Å². The van der Waals surface area contributed by atoms with E-state index in [0.717, 1.165) is 0 Å². The van der Waals surface area contributed by atoms with E-state index in [2.05, 4.69) is 10.3 Å². The Morgan fingerprint density at radius 2 is 1.84 bits per heavy atom. The number of hydrogen-bond acceptors (Lipinski definition) is 4. The molecule has 1 saturated heterocycles. The molecule has 2 amide bonds. The van der Waals surface area contributed by atoms with E-state index in [9.17, 15) is 14.4 Å². The van der Waals surface area contributed by atoms with Gasteiger partial charge in [0.2, 0.25) is 0 Å². The first kappa shape index (κ1) is 21.0. The van der Waals surface area contributed by atoms with Crippen molar-refractivity contribution in [1.29, 1.82) is 0 Å². The van der Waals surface area contributed by atoms with Crippen molar-refractivity contribution in [2.75, 3.05) is 18.4 Å². The third-order valence-corrected chi connectivity index (χ3v) is 5.58. The number of hydrogen-bond donors (Lipinski definition) is 1. The number of likely N-dealkylation sites (tertiary alicyclic amines) is 1. The quantitative estimate of drug-likeness (QED) is 0.619. The third-order valence-electron chi connectivity index (χ3n) is 4.94. The van der Waals surface area contributed by atoms with E-state index >= 15 is 0 Å². The Bertz CT molecular complexity index is 1180. The lowest BCUT2D eigenvalue weighted by Gasteiger charge is -2.15. The third kappa shape index (κ3) is 4.60. The lowest BCUT2D eigenvalue weighted by atomic mass is 10.1. The number of ketones is 1. The number of carbonyl (C=O) groups is 3. The molecule has 0 saturated carbocycles. The van der Waals surface area contributed by atoms with Gasteiger partial charge in [-0.2, -0.15) is 0 Å². The van der Waals surface area contributed by atoms with Gasteiger partial charge in [-0.05, 0) is 48.5 Å². The molecule has 6 nitrogen and oxygen atoms in total. The first-order chi connectivity index (χ1) is 14.9. The van der Waals surface area contributed by atoms with Gasteiger partial charge in [-0.1, -0.05) is 29.3 Å². The highest BCUT2D eigenvalue weighted by Gasteiger charge is 2.25. The molecule has 1 aliphatic heterocycles. The zero-order valence-electron chi connectivity index (χ0n) is 16.3. The minimum Gasteiger partial charge on any atom is -0.331 e. The summed E-state index contributed by atoms with van der Waals surface area (Å²) in [6.45, 7) is 0.501. The number of rotatable bonds is 4. The molecule has 4 rings (SSSR count). The van der Waals surface area contributed by atoms with Crippen LogP contribution in [0.2, 0.25) is 10.0 Å². The number of halogens is 2. The fourth-order valence-corrected chi connectivity index (χ4v) is 3.82. The predicted octanol–water partition coefficient (Wildman–Crippen LogP) is 4.72. The molecule has 31 heavy (non-hydrogen) atoms. The van der Waals surface area contributed by atoms with Gasteiger partial charge >= 0.3 is 0 Å². The zero-order valence-corrected chi connectivity index (χ0v) is 17.8. The largest absolute Gasteiger partial charge is 0.331 e. The summed E-state index contributed by atoms with van der Waals surface area (Å²) in [7, 11) is 0. The van der Waals surface area contributed by atoms with Crippen LogP contribution < -0.4 is 5.32 Å². The van der Waals surface area contributed by atoms with Crippen LogP contribution >= 0.6 is 23.2 Å². The Morgan fingerprint density at radius 3 is 2.52 bits per heavy atom. The van der Waals surface area contributed by atoms with E-state index in [4.69, 9.17) is 23.2 Å². The van der Waals surface area contributed by atoms with E-state index in [1.807, 2.05) is 12.1 Å². The average molecular weight is 454 g/mol.